The third-order valence-electron chi connectivity index (χ3n) is 2.92. The Bertz CT molecular complexity index is 410. The van der Waals surface area contributed by atoms with E-state index in [9.17, 15) is 0 Å². The number of aromatic nitrogens is 3. The van der Waals surface area contributed by atoms with Gasteiger partial charge in [-0.05, 0) is 11.8 Å². The molecule has 0 aliphatic carbocycles. The summed E-state index contributed by atoms with van der Waals surface area (Å²) in [5, 5.41) is 11.3. The maximum absolute atomic E-state index is 4.17. The first kappa shape index (κ1) is 14.7. The SMILES string of the molecule is C=C(NCc1cn(C)nn1)C(C)(C)CC(C)(C)C. The van der Waals surface area contributed by atoms with Crippen molar-refractivity contribution in [3.8, 4) is 0 Å². The van der Waals surface area contributed by atoms with E-state index in [-0.39, 0.29) is 5.41 Å². The molecule has 0 saturated heterocycles. The van der Waals surface area contributed by atoms with Gasteiger partial charge in [0.1, 0.15) is 5.69 Å². The second-order valence-electron chi connectivity index (χ2n) is 6.84. The average Bonchev–Trinajstić information content (AvgIpc) is 2.56. The predicted octanol–water partition coefficient (Wildman–Crippen LogP) is 2.88. The monoisotopic (exact) mass is 250 g/mol. The molecule has 0 aliphatic rings. The summed E-state index contributed by atoms with van der Waals surface area (Å²) in [4.78, 5) is 0. The van der Waals surface area contributed by atoms with Crippen molar-refractivity contribution >= 4 is 0 Å². The van der Waals surface area contributed by atoms with Crippen LogP contribution in [0.25, 0.3) is 0 Å². The standard InChI is InChI=1S/C14H26N4/c1-11(14(5,6)10-13(2,3)4)15-8-12-9-18(7)17-16-12/h9,15H,1,8,10H2,2-7H3. The number of allylic oxidation sites excluding steroid dienone is 1. The summed E-state index contributed by atoms with van der Waals surface area (Å²) in [6.45, 7) is 16.1. The lowest BCUT2D eigenvalue weighted by atomic mass is 9.74. The summed E-state index contributed by atoms with van der Waals surface area (Å²) < 4.78 is 1.71. The van der Waals surface area contributed by atoms with Crippen LogP contribution in [0, 0.1) is 10.8 Å². The van der Waals surface area contributed by atoms with Crippen LogP contribution in [-0.4, -0.2) is 15.0 Å². The second-order valence-corrected chi connectivity index (χ2v) is 6.84. The fourth-order valence-electron chi connectivity index (χ4n) is 2.35. The highest BCUT2D eigenvalue weighted by Crippen LogP contribution is 2.37. The normalized spacial score (nSPS) is 12.6. The van der Waals surface area contributed by atoms with Gasteiger partial charge in [0.15, 0.2) is 0 Å². The quantitative estimate of drug-likeness (QED) is 0.873. The Morgan fingerprint density at radius 3 is 2.39 bits per heavy atom. The van der Waals surface area contributed by atoms with E-state index in [2.05, 4.69) is 56.8 Å². The minimum Gasteiger partial charge on any atom is -0.383 e. The largest absolute Gasteiger partial charge is 0.383 e. The highest BCUT2D eigenvalue weighted by Gasteiger charge is 2.28. The van der Waals surface area contributed by atoms with Crippen molar-refractivity contribution < 1.29 is 0 Å². The maximum atomic E-state index is 4.17. The van der Waals surface area contributed by atoms with E-state index in [1.807, 2.05) is 13.2 Å². The van der Waals surface area contributed by atoms with Crippen molar-refractivity contribution in [3.63, 3.8) is 0 Å². The Morgan fingerprint density at radius 1 is 1.33 bits per heavy atom. The summed E-state index contributed by atoms with van der Waals surface area (Å²) >= 11 is 0. The van der Waals surface area contributed by atoms with Crippen molar-refractivity contribution in [1.29, 1.82) is 0 Å². The van der Waals surface area contributed by atoms with E-state index < -0.39 is 0 Å². The molecule has 1 N–H and O–H groups in total. The van der Waals surface area contributed by atoms with Crippen LogP contribution in [0.3, 0.4) is 0 Å². The van der Waals surface area contributed by atoms with E-state index in [0.29, 0.717) is 12.0 Å². The van der Waals surface area contributed by atoms with Crippen molar-refractivity contribution in [2.75, 3.05) is 0 Å². The van der Waals surface area contributed by atoms with Crippen LogP contribution in [0.1, 0.15) is 46.7 Å². The molecule has 1 aromatic rings. The van der Waals surface area contributed by atoms with Crippen LogP contribution in [-0.2, 0) is 13.6 Å². The van der Waals surface area contributed by atoms with Gasteiger partial charge in [0.25, 0.3) is 0 Å². The van der Waals surface area contributed by atoms with Gasteiger partial charge in [0.2, 0.25) is 0 Å². The first-order valence-electron chi connectivity index (χ1n) is 6.39. The van der Waals surface area contributed by atoms with Crippen molar-refractivity contribution in [2.45, 2.75) is 47.6 Å². The van der Waals surface area contributed by atoms with Gasteiger partial charge in [-0.15, -0.1) is 5.10 Å². The molecule has 102 valence electrons. The first-order valence-corrected chi connectivity index (χ1v) is 6.39. The van der Waals surface area contributed by atoms with Gasteiger partial charge < -0.3 is 5.32 Å². The smallest absolute Gasteiger partial charge is 0.102 e. The Labute approximate surface area is 110 Å². The molecule has 0 saturated carbocycles. The van der Waals surface area contributed by atoms with Crippen LogP contribution >= 0.6 is 0 Å². The lowest BCUT2D eigenvalue weighted by Gasteiger charge is -2.34. The zero-order valence-electron chi connectivity index (χ0n) is 12.5. The van der Waals surface area contributed by atoms with E-state index in [1.165, 1.54) is 0 Å². The van der Waals surface area contributed by atoms with Gasteiger partial charge in [-0.3, -0.25) is 4.68 Å². The number of hydrogen-bond acceptors (Lipinski definition) is 3. The Hall–Kier alpha value is -1.32. The molecule has 0 spiro atoms. The maximum Gasteiger partial charge on any atom is 0.102 e. The number of nitrogens with one attached hydrogen (secondary N) is 1. The molecule has 0 bridgehead atoms. The minimum absolute atomic E-state index is 0.0699. The van der Waals surface area contributed by atoms with E-state index >= 15 is 0 Å². The van der Waals surface area contributed by atoms with Gasteiger partial charge in [-0.25, -0.2) is 0 Å². The predicted molar refractivity (Wildman–Crippen MR) is 74.8 cm³/mol. The minimum atomic E-state index is 0.0699. The van der Waals surface area contributed by atoms with E-state index in [4.69, 9.17) is 0 Å². The summed E-state index contributed by atoms with van der Waals surface area (Å²) in [5.74, 6) is 0. The van der Waals surface area contributed by atoms with Crippen LogP contribution in [0.2, 0.25) is 0 Å². The molecule has 18 heavy (non-hydrogen) atoms. The molecule has 1 rings (SSSR count). The van der Waals surface area contributed by atoms with Crippen molar-refractivity contribution in [2.24, 2.45) is 17.9 Å². The highest BCUT2D eigenvalue weighted by atomic mass is 15.4. The number of rotatable bonds is 5. The van der Waals surface area contributed by atoms with E-state index in [0.717, 1.165) is 17.8 Å². The molecule has 0 amide bonds. The lowest BCUT2D eigenvalue weighted by Crippen LogP contribution is -2.29. The summed E-state index contributed by atoms with van der Waals surface area (Å²) in [6, 6.07) is 0. The molecule has 0 fully saturated rings. The highest BCUT2D eigenvalue weighted by molar-refractivity contribution is 5.07. The molecule has 0 aliphatic heterocycles. The molecule has 4 heteroatoms. The van der Waals surface area contributed by atoms with Crippen LogP contribution < -0.4 is 5.32 Å². The van der Waals surface area contributed by atoms with Gasteiger partial charge in [-0.2, -0.15) is 0 Å². The zero-order chi connectivity index (χ0) is 14.0. The topological polar surface area (TPSA) is 42.7 Å². The molecule has 0 aromatic carbocycles. The third-order valence-corrected chi connectivity index (χ3v) is 2.92. The van der Waals surface area contributed by atoms with Crippen LogP contribution in [0.4, 0.5) is 0 Å². The van der Waals surface area contributed by atoms with Crippen molar-refractivity contribution in [3.05, 3.63) is 24.2 Å². The van der Waals surface area contributed by atoms with Crippen LogP contribution in [0.15, 0.2) is 18.5 Å². The Balaban J connectivity index is 2.54. The Kier molecular flexibility index (Phi) is 4.20. The molecular weight excluding hydrogens is 224 g/mol. The van der Waals surface area contributed by atoms with Gasteiger partial charge in [0, 0.05) is 24.4 Å². The summed E-state index contributed by atoms with van der Waals surface area (Å²) in [5.41, 5.74) is 2.36. The Morgan fingerprint density at radius 2 is 1.94 bits per heavy atom. The van der Waals surface area contributed by atoms with Crippen molar-refractivity contribution in [1.82, 2.24) is 20.3 Å². The molecule has 1 aromatic heterocycles. The average molecular weight is 250 g/mol. The van der Waals surface area contributed by atoms with Crippen LogP contribution in [0.5, 0.6) is 0 Å². The molecule has 0 unspecified atom stereocenters. The number of nitrogens with zero attached hydrogens (tertiary/aromatic N) is 3. The van der Waals surface area contributed by atoms with Gasteiger partial charge in [-0.1, -0.05) is 46.4 Å². The second kappa shape index (κ2) is 5.12. The summed E-state index contributed by atoms with van der Waals surface area (Å²) in [7, 11) is 1.87. The third kappa shape index (κ3) is 4.51. The fraction of sp³-hybridized carbons (Fsp3) is 0.714. The molecule has 0 atom stereocenters. The lowest BCUT2D eigenvalue weighted by molar-refractivity contribution is 0.240. The molecule has 0 radical (unpaired) electrons. The van der Waals surface area contributed by atoms with Gasteiger partial charge in [0.05, 0.1) is 6.54 Å². The zero-order valence-corrected chi connectivity index (χ0v) is 12.5. The van der Waals surface area contributed by atoms with Gasteiger partial charge >= 0.3 is 0 Å². The first-order chi connectivity index (χ1) is 8.10. The number of hydrogen-bond donors (Lipinski definition) is 1. The fourth-order valence-corrected chi connectivity index (χ4v) is 2.35. The molecular formula is C14H26N4. The molecule has 4 nitrogen and oxygen atoms in total. The molecule has 1 heterocycles. The van der Waals surface area contributed by atoms with E-state index in [1.54, 1.807) is 4.68 Å². The summed E-state index contributed by atoms with van der Waals surface area (Å²) in [6.07, 6.45) is 3.00. The number of aryl methyl sites for hydroxylation is 1.